The summed E-state index contributed by atoms with van der Waals surface area (Å²) in [6.45, 7) is 8.21. The fraction of sp³-hybridized carbons (Fsp3) is 0.179. The number of nitrogens with one attached hydrogen (secondary N) is 1. The SMILES string of the molecule is CCN(C(=O)c1ccc(NC2=C(Cl)C(=O)N(c3cccc(C)c3C)C2=O)cc1)c1cccc(C)c1. The summed E-state index contributed by atoms with van der Waals surface area (Å²) in [5.74, 6) is -1.23. The highest BCUT2D eigenvalue weighted by Gasteiger charge is 2.39. The molecule has 1 aliphatic heterocycles. The second-order valence-corrected chi connectivity index (χ2v) is 8.82. The summed E-state index contributed by atoms with van der Waals surface area (Å²) in [5.41, 5.74) is 5.26. The first-order chi connectivity index (χ1) is 16.7. The van der Waals surface area contributed by atoms with Crippen molar-refractivity contribution in [1.29, 1.82) is 0 Å². The fourth-order valence-corrected chi connectivity index (χ4v) is 4.26. The molecule has 3 amide bonds. The molecule has 0 aromatic heterocycles. The van der Waals surface area contributed by atoms with Crippen LogP contribution in [0.2, 0.25) is 0 Å². The molecular weight excluding hydrogens is 462 g/mol. The van der Waals surface area contributed by atoms with E-state index in [9.17, 15) is 14.4 Å². The van der Waals surface area contributed by atoms with Gasteiger partial charge in [0.05, 0.1) is 5.69 Å². The Labute approximate surface area is 209 Å². The molecule has 0 spiro atoms. The summed E-state index contributed by atoms with van der Waals surface area (Å²) in [4.78, 5) is 41.9. The topological polar surface area (TPSA) is 69.7 Å². The lowest BCUT2D eigenvalue weighted by Gasteiger charge is -2.22. The zero-order valence-electron chi connectivity index (χ0n) is 20.1. The average Bonchev–Trinajstić information content (AvgIpc) is 3.05. The summed E-state index contributed by atoms with van der Waals surface area (Å²) < 4.78 is 0. The van der Waals surface area contributed by atoms with E-state index in [4.69, 9.17) is 11.6 Å². The maximum atomic E-state index is 13.1. The Morgan fingerprint density at radius 1 is 0.943 bits per heavy atom. The zero-order chi connectivity index (χ0) is 25.3. The van der Waals surface area contributed by atoms with E-state index < -0.39 is 11.8 Å². The molecule has 1 heterocycles. The molecule has 1 aliphatic rings. The Morgan fingerprint density at radius 2 is 1.63 bits per heavy atom. The predicted octanol–water partition coefficient (Wildman–Crippen LogP) is 5.71. The molecule has 178 valence electrons. The number of anilines is 3. The predicted molar refractivity (Wildman–Crippen MR) is 140 cm³/mol. The van der Waals surface area contributed by atoms with E-state index >= 15 is 0 Å². The van der Waals surface area contributed by atoms with Gasteiger partial charge in [-0.1, -0.05) is 35.9 Å². The molecule has 1 N–H and O–H groups in total. The van der Waals surface area contributed by atoms with Gasteiger partial charge in [-0.25, -0.2) is 4.90 Å². The van der Waals surface area contributed by atoms with Crippen molar-refractivity contribution in [3.05, 3.63) is 99.7 Å². The van der Waals surface area contributed by atoms with Crippen molar-refractivity contribution in [3.63, 3.8) is 0 Å². The molecule has 3 aromatic carbocycles. The summed E-state index contributed by atoms with van der Waals surface area (Å²) >= 11 is 6.28. The lowest BCUT2D eigenvalue weighted by Crippen LogP contribution is -2.33. The zero-order valence-corrected chi connectivity index (χ0v) is 20.8. The normalized spacial score (nSPS) is 13.5. The molecule has 3 aromatic rings. The number of imide groups is 1. The number of carbonyl (C=O) groups excluding carboxylic acids is 3. The van der Waals surface area contributed by atoms with E-state index in [-0.39, 0.29) is 16.6 Å². The monoisotopic (exact) mass is 487 g/mol. The third kappa shape index (κ3) is 4.57. The van der Waals surface area contributed by atoms with Gasteiger partial charge >= 0.3 is 0 Å². The molecule has 0 radical (unpaired) electrons. The summed E-state index contributed by atoms with van der Waals surface area (Å²) in [7, 11) is 0. The Bertz CT molecular complexity index is 1360. The van der Waals surface area contributed by atoms with Crippen molar-refractivity contribution in [1.82, 2.24) is 0 Å². The maximum absolute atomic E-state index is 13.1. The van der Waals surface area contributed by atoms with Gasteiger partial charge in [0.25, 0.3) is 17.7 Å². The van der Waals surface area contributed by atoms with Gasteiger partial charge in [-0.2, -0.15) is 0 Å². The van der Waals surface area contributed by atoms with Crippen molar-refractivity contribution in [2.45, 2.75) is 27.7 Å². The van der Waals surface area contributed by atoms with Gasteiger partial charge in [0.15, 0.2) is 0 Å². The summed E-state index contributed by atoms with van der Waals surface area (Å²) in [6.07, 6.45) is 0. The first-order valence-corrected chi connectivity index (χ1v) is 11.7. The molecule has 0 aliphatic carbocycles. The first-order valence-electron chi connectivity index (χ1n) is 11.3. The van der Waals surface area contributed by atoms with Crippen LogP contribution in [0.4, 0.5) is 17.1 Å². The van der Waals surface area contributed by atoms with Crippen LogP contribution in [0.5, 0.6) is 0 Å². The molecule has 35 heavy (non-hydrogen) atoms. The Kier molecular flexibility index (Phi) is 6.76. The van der Waals surface area contributed by atoms with Crippen LogP contribution in [-0.2, 0) is 9.59 Å². The molecule has 0 atom stereocenters. The van der Waals surface area contributed by atoms with Gasteiger partial charge in [-0.15, -0.1) is 0 Å². The molecule has 0 fully saturated rings. The van der Waals surface area contributed by atoms with Crippen molar-refractivity contribution >= 4 is 46.4 Å². The van der Waals surface area contributed by atoms with E-state index in [0.717, 1.165) is 27.3 Å². The number of rotatable bonds is 6. The number of amides is 3. The van der Waals surface area contributed by atoms with Crippen molar-refractivity contribution in [3.8, 4) is 0 Å². The quantitative estimate of drug-likeness (QED) is 0.452. The number of hydrogen-bond acceptors (Lipinski definition) is 4. The van der Waals surface area contributed by atoms with Crippen LogP contribution in [0.25, 0.3) is 0 Å². The third-order valence-corrected chi connectivity index (χ3v) is 6.47. The molecule has 0 unspecified atom stereocenters. The number of carbonyl (C=O) groups is 3. The van der Waals surface area contributed by atoms with E-state index in [2.05, 4.69) is 5.32 Å². The van der Waals surface area contributed by atoms with Gasteiger partial charge in [-0.3, -0.25) is 14.4 Å². The van der Waals surface area contributed by atoms with Gasteiger partial charge in [-0.05, 0) is 86.8 Å². The van der Waals surface area contributed by atoms with E-state index in [1.807, 2.05) is 58.0 Å². The van der Waals surface area contributed by atoms with Crippen LogP contribution in [0.15, 0.2) is 77.5 Å². The molecule has 6 nitrogen and oxygen atoms in total. The summed E-state index contributed by atoms with van der Waals surface area (Å²) in [6, 6.07) is 20.0. The number of benzene rings is 3. The molecular formula is C28H26ClN3O3. The van der Waals surface area contributed by atoms with E-state index in [1.54, 1.807) is 41.3 Å². The van der Waals surface area contributed by atoms with Gasteiger partial charge < -0.3 is 10.2 Å². The van der Waals surface area contributed by atoms with Crippen LogP contribution in [-0.4, -0.2) is 24.3 Å². The second-order valence-electron chi connectivity index (χ2n) is 8.44. The number of halogens is 1. The molecule has 0 saturated heterocycles. The number of aryl methyl sites for hydroxylation is 2. The van der Waals surface area contributed by atoms with E-state index in [0.29, 0.717) is 23.5 Å². The molecule has 4 rings (SSSR count). The van der Waals surface area contributed by atoms with Crippen molar-refractivity contribution < 1.29 is 14.4 Å². The highest BCUT2D eigenvalue weighted by Crippen LogP contribution is 2.33. The molecule has 0 saturated carbocycles. The number of nitrogens with zero attached hydrogens (tertiary/aromatic N) is 2. The maximum Gasteiger partial charge on any atom is 0.283 e. The minimum atomic E-state index is -0.573. The van der Waals surface area contributed by atoms with Crippen LogP contribution in [0.1, 0.15) is 34.0 Å². The Hall–Kier alpha value is -3.90. The number of hydrogen-bond donors (Lipinski definition) is 1. The fourth-order valence-electron chi connectivity index (χ4n) is 4.04. The highest BCUT2D eigenvalue weighted by atomic mass is 35.5. The van der Waals surface area contributed by atoms with Gasteiger partial charge in [0, 0.05) is 23.5 Å². The second kappa shape index (κ2) is 9.76. The van der Waals surface area contributed by atoms with Gasteiger partial charge in [0.2, 0.25) is 0 Å². The van der Waals surface area contributed by atoms with Crippen LogP contribution in [0, 0.1) is 20.8 Å². The van der Waals surface area contributed by atoms with Crippen LogP contribution >= 0.6 is 11.6 Å². The minimum Gasteiger partial charge on any atom is -0.350 e. The first kappa shape index (κ1) is 24.2. The summed E-state index contributed by atoms with van der Waals surface area (Å²) in [5, 5.41) is 2.79. The van der Waals surface area contributed by atoms with Gasteiger partial charge in [0.1, 0.15) is 10.7 Å². The standard InChI is InChI=1S/C28H26ClN3O3/c1-5-31(22-10-6-8-17(2)16-22)26(33)20-12-14-21(15-13-20)30-25-24(29)27(34)32(28(25)35)23-11-7-9-18(3)19(23)4/h6-16,30H,5H2,1-4H3. The minimum absolute atomic E-state index is 0.00611. The van der Waals surface area contributed by atoms with Crippen molar-refractivity contribution in [2.24, 2.45) is 0 Å². The highest BCUT2D eigenvalue weighted by molar-refractivity contribution is 6.53. The van der Waals surface area contributed by atoms with Crippen molar-refractivity contribution in [2.75, 3.05) is 21.7 Å². The smallest absolute Gasteiger partial charge is 0.283 e. The lowest BCUT2D eigenvalue weighted by molar-refractivity contribution is -0.120. The van der Waals surface area contributed by atoms with Crippen LogP contribution in [0.3, 0.4) is 0 Å². The third-order valence-electron chi connectivity index (χ3n) is 6.12. The van der Waals surface area contributed by atoms with E-state index in [1.165, 1.54) is 0 Å². The molecule has 7 heteroatoms. The Morgan fingerprint density at radius 3 is 2.29 bits per heavy atom. The Balaban J connectivity index is 1.54. The lowest BCUT2D eigenvalue weighted by atomic mass is 10.1. The average molecular weight is 488 g/mol. The molecule has 0 bridgehead atoms. The largest absolute Gasteiger partial charge is 0.350 e. The van der Waals surface area contributed by atoms with Crippen LogP contribution < -0.4 is 15.1 Å².